The summed E-state index contributed by atoms with van der Waals surface area (Å²) < 4.78 is 59.7. The zero-order valence-electron chi connectivity index (χ0n) is 12.0. The van der Waals surface area contributed by atoms with Gasteiger partial charge >= 0.3 is 6.18 Å². The van der Waals surface area contributed by atoms with Crippen molar-refractivity contribution in [1.29, 1.82) is 0 Å². The van der Waals surface area contributed by atoms with Crippen molar-refractivity contribution in [1.82, 2.24) is 4.98 Å². The SMILES string of the molecule is COc1ccc2nc(-c3ccccc3)c(F)c(C(F)(F)F)c2c1. The van der Waals surface area contributed by atoms with Gasteiger partial charge in [-0.2, -0.15) is 13.2 Å². The molecule has 23 heavy (non-hydrogen) atoms. The minimum Gasteiger partial charge on any atom is -0.497 e. The van der Waals surface area contributed by atoms with Crippen LogP contribution in [0.4, 0.5) is 17.6 Å². The first-order valence-corrected chi connectivity index (χ1v) is 6.71. The van der Waals surface area contributed by atoms with Gasteiger partial charge in [-0.1, -0.05) is 30.3 Å². The van der Waals surface area contributed by atoms with Crippen LogP contribution in [-0.2, 0) is 6.18 Å². The number of ether oxygens (including phenoxy) is 1. The molecule has 0 saturated heterocycles. The van der Waals surface area contributed by atoms with Crippen LogP contribution in [0.2, 0.25) is 0 Å². The van der Waals surface area contributed by atoms with E-state index in [9.17, 15) is 17.6 Å². The van der Waals surface area contributed by atoms with Crippen LogP contribution in [0.5, 0.6) is 5.75 Å². The number of nitrogens with zero attached hydrogens (tertiary/aromatic N) is 1. The molecule has 0 radical (unpaired) electrons. The minimum atomic E-state index is -4.85. The molecule has 0 aliphatic rings. The Kier molecular flexibility index (Phi) is 3.67. The van der Waals surface area contributed by atoms with Gasteiger partial charge in [0.05, 0.1) is 12.6 Å². The third-order valence-corrected chi connectivity index (χ3v) is 3.46. The van der Waals surface area contributed by atoms with E-state index in [1.54, 1.807) is 18.2 Å². The van der Waals surface area contributed by atoms with Crippen molar-refractivity contribution in [3.05, 3.63) is 59.9 Å². The molecule has 0 aliphatic carbocycles. The molecule has 0 fully saturated rings. The summed E-state index contributed by atoms with van der Waals surface area (Å²) in [6, 6.07) is 12.0. The van der Waals surface area contributed by atoms with Gasteiger partial charge in [0.1, 0.15) is 17.0 Å². The highest BCUT2D eigenvalue weighted by molar-refractivity contribution is 5.87. The number of hydrogen-bond donors (Lipinski definition) is 0. The number of pyridine rings is 1. The Labute approximate surface area is 129 Å². The van der Waals surface area contributed by atoms with E-state index in [0.717, 1.165) is 6.07 Å². The van der Waals surface area contributed by atoms with Crippen LogP contribution in [-0.4, -0.2) is 12.1 Å². The predicted molar refractivity (Wildman–Crippen MR) is 78.7 cm³/mol. The number of alkyl halides is 3. The monoisotopic (exact) mass is 321 g/mol. The third kappa shape index (κ3) is 2.72. The van der Waals surface area contributed by atoms with Gasteiger partial charge < -0.3 is 4.74 Å². The second-order valence-electron chi connectivity index (χ2n) is 4.90. The van der Waals surface area contributed by atoms with E-state index < -0.39 is 17.6 Å². The maximum Gasteiger partial charge on any atom is 0.419 e. The van der Waals surface area contributed by atoms with E-state index in [1.807, 2.05) is 0 Å². The Morgan fingerprint density at radius 1 is 1.00 bits per heavy atom. The Balaban J connectivity index is 2.40. The molecule has 0 unspecified atom stereocenters. The molecule has 3 aromatic rings. The molecule has 0 saturated carbocycles. The number of rotatable bonds is 2. The highest BCUT2D eigenvalue weighted by atomic mass is 19.4. The van der Waals surface area contributed by atoms with Gasteiger partial charge in [-0.3, -0.25) is 0 Å². The number of methoxy groups -OCH3 is 1. The molecule has 118 valence electrons. The van der Waals surface area contributed by atoms with Gasteiger partial charge in [0.15, 0.2) is 5.82 Å². The fourth-order valence-corrected chi connectivity index (χ4v) is 2.41. The summed E-state index contributed by atoms with van der Waals surface area (Å²) >= 11 is 0. The largest absolute Gasteiger partial charge is 0.497 e. The molecule has 0 spiro atoms. The maximum atomic E-state index is 14.6. The Hall–Kier alpha value is -2.63. The fraction of sp³-hybridized carbons (Fsp3) is 0.118. The molecular weight excluding hydrogens is 310 g/mol. The van der Waals surface area contributed by atoms with E-state index in [-0.39, 0.29) is 27.9 Å². The highest BCUT2D eigenvalue weighted by Crippen LogP contribution is 2.40. The summed E-state index contributed by atoms with van der Waals surface area (Å²) in [6.07, 6.45) is -4.85. The highest BCUT2D eigenvalue weighted by Gasteiger charge is 2.38. The standard InChI is InChI=1S/C17H11F4NO/c1-23-11-7-8-13-12(9-11)14(17(19,20)21)15(18)16(22-13)10-5-3-2-4-6-10/h2-9H,1H3. The lowest BCUT2D eigenvalue weighted by Crippen LogP contribution is -2.11. The van der Waals surface area contributed by atoms with Crippen molar-refractivity contribution >= 4 is 10.9 Å². The molecule has 0 bridgehead atoms. The summed E-state index contributed by atoms with van der Waals surface area (Å²) in [5.74, 6) is -1.18. The van der Waals surface area contributed by atoms with Gasteiger partial charge in [-0.05, 0) is 18.2 Å². The Morgan fingerprint density at radius 2 is 1.70 bits per heavy atom. The molecular formula is C17H11F4NO. The van der Waals surface area contributed by atoms with Crippen LogP contribution >= 0.6 is 0 Å². The number of benzene rings is 2. The average molecular weight is 321 g/mol. The number of halogens is 4. The van der Waals surface area contributed by atoms with Crippen LogP contribution < -0.4 is 4.74 Å². The second-order valence-corrected chi connectivity index (χ2v) is 4.90. The second kappa shape index (κ2) is 5.53. The van der Waals surface area contributed by atoms with E-state index in [2.05, 4.69) is 4.98 Å². The topological polar surface area (TPSA) is 22.1 Å². The predicted octanol–water partition coefficient (Wildman–Crippen LogP) is 5.07. The smallest absolute Gasteiger partial charge is 0.419 e. The minimum absolute atomic E-state index is 0.0541. The van der Waals surface area contributed by atoms with E-state index in [4.69, 9.17) is 4.74 Å². The van der Waals surface area contributed by atoms with Crippen molar-refractivity contribution in [3.8, 4) is 17.0 Å². The number of hydrogen-bond acceptors (Lipinski definition) is 2. The van der Waals surface area contributed by atoms with Crippen LogP contribution in [0.3, 0.4) is 0 Å². The molecule has 3 rings (SSSR count). The fourth-order valence-electron chi connectivity index (χ4n) is 2.41. The molecule has 0 amide bonds. The first-order valence-electron chi connectivity index (χ1n) is 6.71. The number of fused-ring (bicyclic) bond motifs is 1. The van der Waals surface area contributed by atoms with Crippen LogP contribution in [0, 0.1) is 5.82 Å². The van der Waals surface area contributed by atoms with Crippen LogP contribution in [0.15, 0.2) is 48.5 Å². The molecule has 6 heteroatoms. The zero-order chi connectivity index (χ0) is 16.6. The average Bonchev–Trinajstić information content (AvgIpc) is 2.53. The molecule has 0 atom stereocenters. The first kappa shape index (κ1) is 15.3. The molecule has 2 aromatic carbocycles. The lowest BCUT2D eigenvalue weighted by molar-refractivity contribution is -0.138. The third-order valence-electron chi connectivity index (χ3n) is 3.46. The van der Waals surface area contributed by atoms with Gasteiger partial charge in [-0.25, -0.2) is 9.37 Å². The summed E-state index contributed by atoms with van der Waals surface area (Å²) in [5, 5.41) is -0.325. The zero-order valence-corrected chi connectivity index (χ0v) is 12.0. The lowest BCUT2D eigenvalue weighted by atomic mass is 10.0. The summed E-state index contributed by atoms with van der Waals surface area (Å²) in [4.78, 5) is 4.06. The summed E-state index contributed by atoms with van der Waals surface area (Å²) in [5.41, 5.74) is -1.32. The van der Waals surface area contributed by atoms with Gasteiger partial charge in [-0.15, -0.1) is 0 Å². The van der Waals surface area contributed by atoms with Crippen LogP contribution in [0.1, 0.15) is 5.56 Å². The Bertz CT molecular complexity index is 860. The normalized spacial score (nSPS) is 11.7. The molecule has 2 nitrogen and oxygen atoms in total. The lowest BCUT2D eigenvalue weighted by Gasteiger charge is -2.15. The van der Waals surface area contributed by atoms with Crippen LogP contribution in [0.25, 0.3) is 22.2 Å². The van der Waals surface area contributed by atoms with Crippen molar-refractivity contribution in [2.45, 2.75) is 6.18 Å². The number of aromatic nitrogens is 1. The van der Waals surface area contributed by atoms with E-state index >= 15 is 0 Å². The van der Waals surface area contributed by atoms with Crippen molar-refractivity contribution in [2.75, 3.05) is 7.11 Å². The van der Waals surface area contributed by atoms with Crippen molar-refractivity contribution in [3.63, 3.8) is 0 Å². The van der Waals surface area contributed by atoms with E-state index in [0.29, 0.717) is 0 Å². The molecule has 1 heterocycles. The Morgan fingerprint density at radius 3 is 2.30 bits per heavy atom. The molecule has 0 aliphatic heterocycles. The van der Waals surface area contributed by atoms with Gasteiger partial charge in [0.25, 0.3) is 0 Å². The summed E-state index contributed by atoms with van der Waals surface area (Å²) in [6.45, 7) is 0. The van der Waals surface area contributed by atoms with Gasteiger partial charge in [0.2, 0.25) is 0 Å². The quantitative estimate of drug-likeness (QED) is 0.615. The van der Waals surface area contributed by atoms with Gasteiger partial charge in [0, 0.05) is 10.9 Å². The molecule has 0 N–H and O–H groups in total. The van der Waals surface area contributed by atoms with Crippen molar-refractivity contribution < 1.29 is 22.3 Å². The summed E-state index contributed by atoms with van der Waals surface area (Å²) in [7, 11) is 1.33. The first-order chi connectivity index (χ1) is 10.9. The molecule has 1 aromatic heterocycles. The van der Waals surface area contributed by atoms with E-state index in [1.165, 1.54) is 31.4 Å². The van der Waals surface area contributed by atoms with Crippen molar-refractivity contribution in [2.24, 2.45) is 0 Å². The maximum absolute atomic E-state index is 14.6.